The van der Waals surface area contributed by atoms with E-state index in [-0.39, 0.29) is 17.3 Å². The summed E-state index contributed by atoms with van der Waals surface area (Å²) in [5.41, 5.74) is -1.09. The lowest BCUT2D eigenvalue weighted by atomic mass is 10.1. The van der Waals surface area contributed by atoms with E-state index in [1.165, 1.54) is 19.1 Å². The second kappa shape index (κ2) is 5.27. The Bertz CT molecular complexity index is 681. The molecule has 0 bridgehead atoms. The van der Waals surface area contributed by atoms with Crippen LogP contribution in [0.3, 0.4) is 0 Å². The lowest BCUT2D eigenvalue weighted by Crippen LogP contribution is -2.08. The molecule has 2 rings (SSSR count). The number of benzene rings is 1. The van der Waals surface area contributed by atoms with Gasteiger partial charge in [0, 0.05) is 11.8 Å². The molecule has 8 heteroatoms. The summed E-state index contributed by atoms with van der Waals surface area (Å²) in [5, 5.41) is 2.19. The second-order valence-corrected chi connectivity index (χ2v) is 4.24. The second-order valence-electron chi connectivity index (χ2n) is 4.24. The van der Waals surface area contributed by atoms with E-state index in [0.717, 1.165) is 6.07 Å². The average Bonchev–Trinajstić information content (AvgIpc) is 2.37. The predicted octanol–water partition coefficient (Wildman–Crippen LogP) is 4.57. The molecule has 1 heterocycles. The van der Waals surface area contributed by atoms with Crippen LogP contribution in [0.15, 0.2) is 24.3 Å². The molecule has 0 atom stereocenters. The number of halogens is 6. The molecule has 21 heavy (non-hydrogen) atoms. The first-order valence-corrected chi connectivity index (χ1v) is 5.65. The number of nitrogens with one attached hydrogen (secondary N) is 1. The van der Waals surface area contributed by atoms with Crippen molar-refractivity contribution in [2.45, 2.75) is 13.1 Å². The van der Waals surface area contributed by atoms with Gasteiger partial charge in [0.1, 0.15) is 0 Å². The Kier molecular flexibility index (Phi) is 3.80. The standard InChI is InChI=1S/C13H8F6N2/c1-6-2-3-7(4-8(6)13(17,18)19)20-12-10(15)5-9(14)11(16)21-12/h2-5H,1H3,(H,20,21). The maximum atomic E-state index is 13.4. The van der Waals surface area contributed by atoms with Crippen molar-refractivity contribution in [1.82, 2.24) is 4.98 Å². The van der Waals surface area contributed by atoms with E-state index in [4.69, 9.17) is 0 Å². The molecule has 0 fully saturated rings. The highest BCUT2D eigenvalue weighted by Gasteiger charge is 2.32. The van der Waals surface area contributed by atoms with Gasteiger partial charge in [-0.1, -0.05) is 6.07 Å². The molecule has 1 N–H and O–H groups in total. The van der Waals surface area contributed by atoms with Crippen LogP contribution < -0.4 is 5.32 Å². The highest BCUT2D eigenvalue weighted by Crippen LogP contribution is 2.34. The van der Waals surface area contributed by atoms with E-state index in [1.807, 2.05) is 0 Å². The summed E-state index contributed by atoms with van der Waals surface area (Å²) in [6.45, 7) is 1.27. The number of nitrogens with zero attached hydrogens (tertiary/aromatic N) is 1. The molecule has 1 aromatic heterocycles. The third kappa shape index (κ3) is 3.26. The topological polar surface area (TPSA) is 24.9 Å². The fraction of sp³-hybridized carbons (Fsp3) is 0.154. The number of hydrogen-bond donors (Lipinski definition) is 1. The number of pyridine rings is 1. The van der Waals surface area contributed by atoms with Crippen LogP contribution in [0.1, 0.15) is 11.1 Å². The molecule has 0 spiro atoms. The maximum Gasteiger partial charge on any atom is 0.416 e. The fourth-order valence-corrected chi connectivity index (χ4v) is 1.67. The molecular formula is C13H8F6N2. The summed E-state index contributed by atoms with van der Waals surface area (Å²) >= 11 is 0. The van der Waals surface area contributed by atoms with Crippen LogP contribution >= 0.6 is 0 Å². The molecule has 0 radical (unpaired) electrons. The summed E-state index contributed by atoms with van der Waals surface area (Å²) in [7, 11) is 0. The van der Waals surface area contributed by atoms with Crippen molar-refractivity contribution in [3.8, 4) is 0 Å². The minimum Gasteiger partial charge on any atom is -0.338 e. The van der Waals surface area contributed by atoms with Crippen molar-refractivity contribution in [3.05, 3.63) is 53.0 Å². The molecule has 0 saturated carbocycles. The zero-order chi connectivity index (χ0) is 15.8. The van der Waals surface area contributed by atoms with Gasteiger partial charge in [0.15, 0.2) is 17.5 Å². The first-order valence-electron chi connectivity index (χ1n) is 5.65. The van der Waals surface area contributed by atoms with Crippen LogP contribution in [0.4, 0.5) is 37.8 Å². The lowest BCUT2D eigenvalue weighted by molar-refractivity contribution is -0.138. The van der Waals surface area contributed by atoms with Crippen LogP contribution in [0, 0.1) is 24.5 Å². The summed E-state index contributed by atoms with van der Waals surface area (Å²) in [6, 6.07) is 3.40. The van der Waals surface area contributed by atoms with Crippen LogP contribution in [-0.4, -0.2) is 4.98 Å². The van der Waals surface area contributed by atoms with E-state index < -0.39 is 35.1 Å². The zero-order valence-electron chi connectivity index (χ0n) is 10.5. The van der Waals surface area contributed by atoms with Crippen molar-refractivity contribution >= 4 is 11.5 Å². The highest BCUT2D eigenvalue weighted by atomic mass is 19.4. The molecule has 0 aliphatic rings. The van der Waals surface area contributed by atoms with Gasteiger partial charge in [-0.05, 0) is 24.6 Å². The largest absolute Gasteiger partial charge is 0.416 e. The third-order valence-corrected chi connectivity index (χ3v) is 2.69. The Balaban J connectivity index is 2.39. The fourth-order valence-electron chi connectivity index (χ4n) is 1.67. The quantitative estimate of drug-likeness (QED) is 0.649. The number of aryl methyl sites for hydroxylation is 1. The van der Waals surface area contributed by atoms with Gasteiger partial charge in [0.05, 0.1) is 5.56 Å². The van der Waals surface area contributed by atoms with Gasteiger partial charge in [0.25, 0.3) is 5.95 Å². The SMILES string of the molecule is Cc1ccc(Nc2nc(F)c(F)cc2F)cc1C(F)(F)F. The molecule has 0 saturated heterocycles. The number of hydrogen-bond acceptors (Lipinski definition) is 2. The summed E-state index contributed by atoms with van der Waals surface area (Å²) in [6.07, 6.45) is -4.58. The minimum atomic E-state index is -4.58. The molecule has 0 aliphatic heterocycles. The van der Waals surface area contributed by atoms with Crippen LogP contribution in [0.5, 0.6) is 0 Å². The van der Waals surface area contributed by atoms with E-state index >= 15 is 0 Å². The summed E-state index contributed by atoms with van der Waals surface area (Å²) in [4.78, 5) is 2.97. The Labute approximate surface area is 115 Å². The number of alkyl halides is 3. The molecule has 0 amide bonds. The smallest absolute Gasteiger partial charge is 0.338 e. The molecule has 0 aliphatic carbocycles. The Hall–Kier alpha value is -2.25. The molecule has 1 aromatic carbocycles. The monoisotopic (exact) mass is 306 g/mol. The van der Waals surface area contributed by atoms with E-state index in [9.17, 15) is 26.3 Å². The normalized spacial score (nSPS) is 11.6. The van der Waals surface area contributed by atoms with E-state index in [1.54, 1.807) is 0 Å². The first kappa shape index (κ1) is 15.1. The van der Waals surface area contributed by atoms with Gasteiger partial charge >= 0.3 is 6.18 Å². The molecule has 2 nitrogen and oxygen atoms in total. The van der Waals surface area contributed by atoms with Gasteiger partial charge in [-0.15, -0.1) is 0 Å². The Morgan fingerprint density at radius 2 is 1.67 bits per heavy atom. The average molecular weight is 306 g/mol. The summed E-state index contributed by atoms with van der Waals surface area (Å²) < 4.78 is 77.2. The van der Waals surface area contributed by atoms with E-state index in [2.05, 4.69) is 10.3 Å². The first-order chi connectivity index (χ1) is 9.68. The number of rotatable bonds is 2. The lowest BCUT2D eigenvalue weighted by Gasteiger charge is -2.13. The number of aromatic nitrogens is 1. The number of anilines is 2. The van der Waals surface area contributed by atoms with Gasteiger partial charge in [-0.2, -0.15) is 22.5 Å². The van der Waals surface area contributed by atoms with Crippen LogP contribution in [0.25, 0.3) is 0 Å². The van der Waals surface area contributed by atoms with E-state index in [0.29, 0.717) is 0 Å². The van der Waals surface area contributed by atoms with Crippen molar-refractivity contribution in [3.63, 3.8) is 0 Å². The van der Waals surface area contributed by atoms with Gasteiger partial charge in [-0.25, -0.2) is 8.78 Å². The van der Waals surface area contributed by atoms with Crippen molar-refractivity contribution in [2.24, 2.45) is 0 Å². The molecule has 2 aromatic rings. The molecule has 112 valence electrons. The molecule has 0 unspecified atom stereocenters. The highest BCUT2D eigenvalue weighted by molar-refractivity contribution is 5.58. The van der Waals surface area contributed by atoms with Gasteiger partial charge < -0.3 is 5.32 Å². The Morgan fingerprint density at radius 1 is 1.00 bits per heavy atom. The van der Waals surface area contributed by atoms with Gasteiger partial charge in [-0.3, -0.25) is 0 Å². The summed E-state index contributed by atoms with van der Waals surface area (Å²) in [5.74, 6) is -4.96. The zero-order valence-corrected chi connectivity index (χ0v) is 10.5. The van der Waals surface area contributed by atoms with Crippen LogP contribution in [0.2, 0.25) is 0 Å². The van der Waals surface area contributed by atoms with Crippen molar-refractivity contribution < 1.29 is 26.3 Å². The molecular weight excluding hydrogens is 298 g/mol. The minimum absolute atomic E-state index is 0.0215. The van der Waals surface area contributed by atoms with Crippen molar-refractivity contribution in [1.29, 1.82) is 0 Å². The van der Waals surface area contributed by atoms with Crippen LogP contribution in [-0.2, 0) is 6.18 Å². The third-order valence-electron chi connectivity index (χ3n) is 2.69. The van der Waals surface area contributed by atoms with Crippen molar-refractivity contribution in [2.75, 3.05) is 5.32 Å². The van der Waals surface area contributed by atoms with Gasteiger partial charge in [0.2, 0.25) is 0 Å². The Morgan fingerprint density at radius 3 is 2.29 bits per heavy atom. The maximum absolute atomic E-state index is 13.4. The predicted molar refractivity (Wildman–Crippen MR) is 63.6 cm³/mol.